The van der Waals surface area contributed by atoms with E-state index in [4.69, 9.17) is 23.9 Å². The molecule has 2 aliphatic heterocycles. The van der Waals surface area contributed by atoms with Gasteiger partial charge in [0.05, 0.1) is 32.5 Å². The van der Waals surface area contributed by atoms with Crippen LogP contribution in [0.25, 0.3) is 0 Å². The van der Waals surface area contributed by atoms with E-state index < -0.39 is 0 Å². The van der Waals surface area contributed by atoms with Crippen molar-refractivity contribution in [3.8, 4) is 5.75 Å². The summed E-state index contributed by atoms with van der Waals surface area (Å²) in [6.07, 6.45) is 2.20. The van der Waals surface area contributed by atoms with Crippen molar-refractivity contribution in [1.29, 1.82) is 0 Å². The van der Waals surface area contributed by atoms with Crippen LogP contribution in [0, 0.1) is 0 Å². The van der Waals surface area contributed by atoms with Crippen LogP contribution >= 0.6 is 24.0 Å². The maximum atomic E-state index is 6.07. The first kappa shape index (κ1) is 27.1. The van der Waals surface area contributed by atoms with Gasteiger partial charge in [0.2, 0.25) is 0 Å². The zero-order chi connectivity index (χ0) is 21.6. The molecule has 2 saturated heterocycles. The van der Waals surface area contributed by atoms with Crippen LogP contribution in [0.15, 0.2) is 29.3 Å². The van der Waals surface area contributed by atoms with Crippen molar-refractivity contribution in [3.63, 3.8) is 0 Å². The Morgan fingerprint density at radius 3 is 2.75 bits per heavy atom. The van der Waals surface area contributed by atoms with E-state index in [1.54, 1.807) is 0 Å². The summed E-state index contributed by atoms with van der Waals surface area (Å²) in [6.45, 7) is 11.7. The number of halogens is 1. The van der Waals surface area contributed by atoms with E-state index in [1.807, 2.05) is 18.2 Å². The highest BCUT2D eigenvalue weighted by Gasteiger charge is 2.15. The Morgan fingerprint density at radius 1 is 1.12 bits per heavy atom. The summed E-state index contributed by atoms with van der Waals surface area (Å²) >= 11 is 0. The largest absolute Gasteiger partial charge is 0.492 e. The molecule has 1 atom stereocenters. The fourth-order valence-electron chi connectivity index (χ4n) is 3.56. The van der Waals surface area contributed by atoms with Crippen molar-refractivity contribution in [2.75, 3.05) is 72.4 Å². The predicted octanol–water partition coefficient (Wildman–Crippen LogP) is 2.27. The minimum Gasteiger partial charge on any atom is -0.492 e. The number of nitrogens with zero attached hydrogens (tertiary/aromatic N) is 2. The molecule has 1 aromatic rings. The maximum absolute atomic E-state index is 6.07. The van der Waals surface area contributed by atoms with Gasteiger partial charge in [-0.05, 0) is 25.8 Å². The van der Waals surface area contributed by atoms with Gasteiger partial charge in [0.15, 0.2) is 5.96 Å². The van der Waals surface area contributed by atoms with Gasteiger partial charge in [0.25, 0.3) is 0 Å². The van der Waals surface area contributed by atoms with E-state index in [0.717, 1.165) is 95.9 Å². The Hall–Kier alpha value is -1.14. The molecule has 2 aliphatic rings. The van der Waals surface area contributed by atoms with Crippen LogP contribution in [0.5, 0.6) is 5.75 Å². The summed E-state index contributed by atoms with van der Waals surface area (Å²) in [5.74, 6) is 1.72. The van der Waals surface area contributed by atoms with Crippen LogP contribution in [0.2, 0.25) is 0 Å². The van der Waals surface area contributed by atoms with E-state index in [0.29, 0.717) is 13.2 Å². The summed E-state index contributed by atoms with van der Waals surface area (Å²) < 4.78 is 22.6. The van der Waals surface area contributed by atoms with Gasteiger partial charge >= 0.3 is 0 Å². The summed E-state index contributed by atoms with van der Waals surface area (Å²) in [7, 11) is 0. The van der Waals surface area contributed by atoms with Gasteiger partial charge in [-0.1, -0.05) is 18.2 Å². The van der Waals surface area contributed by atoms with Crippen molar-refractivity contribution in [2.24, 2.45) is 4.99 Å². The molecule has 0 spiro atoms. The minimum absolute atomic E-state index is 0. The molecular weight excluding hydrogens is 523 g/mol. The number of aliphatic imine (C=N–C) groups is 1. The van der Waals surface area contributed by atoms with Crippen molar-refractivity contribution in [3.05, 3.63) is 29.8 Å². The fraction of sp³-hybridized carbons (Fsp3) is 0.696. The summed E-state index contributed by atoms with van der Waals surface area (Å²) in [5.41, 5.74) is 1.09. The molecule has 8 nitrogen and oxygen atoms in total. The summed E-state index contributed by atoms with van der Waals surface area (Å²) in [6, 6.07) is 8.14. The van der Waals surface area contributed by atoms with E-state index in [1.165, 1.54) is 0 Å². The SMILES string of the molecule is CCNC(=NCc1ccccc1OCCN1CCOCC1)NCCCOC1CCOC1.I. The predicted molar refractivity (Wildman–Crippen MR) is 137 cm³/mol. The number of hydrogen-bond donors (Lipinski definition) is 2. The molecule has 1 aromatic carbocycles. The molecule has 0 saturated carbocycles. The Balaban J connectivity index is 0.00000363. The topological polar surface area (TPSA) is 76.6 Å². The van der Waals surface area contributed by atoms with Crippen molar-refractivity contribution in [1.82, 2.24) is 15.5 Å². The van der Waals surface area contributed by atoms with Crippen LogP contribution in [-0.4, -0.2) is 89.3 Å². The molecule has 2 fully saturated rings. The zero-order valence-electron chi connectivity index (χ0n) is 19.2. The van der Waals surface area contributed by atoms with Crippen LogP contribution in [0.3, 0.4) is 0 Å². The minimum atomic E-state index is 0. The Labute approximate surface area is 209 Å². The van der Waals surface area contributed by atoms with Gasteiger partial charge in [-0.3, -0.25) is 4.90 Å². The van der Waals surface area contributed by atoms with Crippen LogP contribution in [0.1, 0.15) is 25.3 Å². The highest BCUT2D eigenvalue weighted by Crippen LogP contribution is 2.19. The lowest BCUT2D eigenvalue weighted by atomic mass is 10.2. The third-order valence-electron chi connectivity index (χ3n) is 5.35. The van der Waals surface area contributed by atoms with Gasteiger partial charge < -0.3 is 29.6 Å². The molecule has 3 rings (SSSR count). The number of morpholine rings is 1. The first-order valence-corrected chi connectivity index (χ1v) is 11.6. The normalized spacial score (nSPS) is 19.4. The number of benzene rings is 1. The number of guanidine groups is 1. The molecule has 1 unspecified atom stereocenters. The Bertz CT molecular complexity index is 653. The smallest absolute Gasteiger partial charge is 0.191 e. The van der Waals surface area contributed by atoms with Crippen LogP contribution < -0.4 is 15.4 Å². The van der Waals surface area contributed by atoms with E-state index in [2.05, 4.69) is 28.5 Å². The third-order valence-corrected chi connectivity index (χ3v) is 5.35. The molecule has 182 valence electrons. The van der Waals surface area contributed by atoms with Crippen molar-refractivity contribution >= 4 is 29.9 Å². The molecule has 2 N–H and O–H groups in total. The Kier molecular flexibility index (Phi) is 14.0. The van der Waals surface area contributed by atoms with Gasteiger partial charge in [-0.25, -0.2) is 4.99 Å². The lowest BCUT2D eigenvalue weighted by Crippen LogP contribution is -2.38. The molecule has 0 bridgehead atoms. The molecule has 0 aromatic heterocycles. The molecule has 2 heterocycles. The lowest BCUT2D eigenvalue weighted by Gasteiger charge is -2.26. The highest BCUT2D eigenvalue weighted by molar-refractivity contribution is 14.0. The summed E-state index contributed by atoms with van der Waals surface area (Å²) in [4.78, 5) is 7.12. The third kappa shape index (κ3) is 10.2. The molecule has 32 heavy (non-hydrogen) atoms. The van der Waals surface area contributed by atoms with E-state index in [-0.39, 0.29) is 30.1 Å². The second-order valence-corrected chi connectivity index (χ2v) is 7.74. The second kappa shape index (κ2) is 16.5. The van der Waals surface area contributed by atoms with E-state index in [9.17, 15) is 0 Å². The summed E-state index contributed by atoms with van der Waals surface area (Å²) in [5, 5.41) is 6.70. The maximum Gasteiger partial charge on any atom is 0.191 e. The zero-order valence-corrected chi connectivity index (χ0v) is 21.6. The highest BCUT2D eigenvalue weighted by atomic mass is 127. The molecule has 0 amide bonds. The van der Waals surface area contributed by atoms with Crippen LogP contribution in [0.4, 0.5) is 0 Å². The number of rotatable bonds is 12. The van der Waals surface area contributed by atoms with Gasteiger partial charge in [0, 0.05) is 51.5 Å². The fourth-order valence-corrected chi connectivity index (χ4v) is 3.56. The Morgan fingerprint density at radius 2 is 1.97 bits per heavy atom. The average molecular weight is 562 g/mol. The van der Waals surface area contributed by atoms with Crippen LogP contribution in [-0.2, 0) is 20.8 Å². The first-order valence-electron chi connectivity index (χ1n) is 11.6. The lowest BCUT2D eigenvalue weighted by molar-refractivity contribution is 0.0322. The number of ether oxygens (including phenoxy) is 4. The van der Waals surface area contributed by atoms with Gasteiger partial charge in [-0.15, -0.1) is 24.0 Å². The van der Waals surface area contributed by atoms with Gasteiger partial charge in [0.1, 0.15) is 12.4 Å². The van der Waals surface area contributed by atoms with Crippen molar-refractivity contribution in [2.45, 2.75) is 32.4 Å². The molecule has 9 heteroatoms. The standard InChI is InChI=1S/C23H38N4O4.HI/c1-2-24-23(25-9-5-13-30-21-8-14-29-19-21)26-18-20-6-3-4-7-22(20)31-17-12-27-10-15-28-16-11-27;/h3-4,6-7,21H,2,5,8-19H2,1H3,(H2,24,25,26);1H. The van der Waals surface area contributed by atoms with Gasteiger partial charge in [-0.2, -0.15) is 0 Å². The molecular formula is C23H39IN4O4. The van der Waals surface area contributed by atoms with E-state index >= 15 is 0 Å². The molecule has 0 aliphatic carbocycles. The number of nitrogens with one attached hydrogen (secondary N) is 2. The van der Waals surface area contributed by atoms with Crippen molar-refractivity contribution < 1.29 is 18.9 Å². The number of para-hydroxylation sites is 1. The first-order chi connectivity index (χ1) is 15.3. The number of hydrogen-bond acceptors (Lipinski definition) is 6. The quantitative estimate of drug-likeness (QED) is 0.175. The second-order valence-electron chi connectivity index (χ2n) is 7.74. The monoisotopic (exact) mass is 562 g/mol. The molecule has 0 radical (unpaired) electrons. The average Bonchev–Trinajstić information content (AvgIpc) is 3.32.